The van der Waals surface area contributed by atoms with Crippen molar-refractivity contribution in [2.24, 2.45) is 5.41 Å². The molecule has 0 aromatic carbocycles. The molecule has 3 heterocycles. The molecule has 1 unspecified atom stereocenters. The Morgan fingerprint density at radius 3 is 2.58 bits per heavy atom. The Morgan fingerprint density at radius 2 is 1.92 bits per heavy atom. The number of nitrogens with zero attached hydrogens (tertiary/aromatic N) is 1. The Bertz CT molecular complexity index is 737. The number of Topliss-reactive ketones (excluding diaryl/α,β-unsaturated/α-hetero) is 1. The number of carbonyl (C=O) groups is 1. The third kappa shape index (κ3) is 1.93. The number of pyridine rings is 1. The average molecular weight is 350 g/mol. The van der Waals surface area contributed by atoms with Crippen LogP contribution in [-0.2, 0) is 21.5 Å². The summed E-state index contributed by atoms with van der Waals surface area (Å²) in [6.45, 7) is 1.11. The fraction of sp³-hybridized carbons (Fsp3) is 0.667. The van der Waals surface area contributed by atoms with Gasteiger partial charge in [-0.1, -0.05) is 18.0 Å². The Kier molecular flexibility index (Phi) is 3.18. The van der Waals surface area contributed by atoms with Crippen molar-refractivity contribution in [3.8, 4) is 0 Å². The lowest BCUT2D eigenvalue weighted by Gasteiger charge is -2.45. The van der Waals surface area contributed by atoms with E-state index in [0.29, 0.717) is 43.6 Å². The Morgan fingerprint density at radius 1 is 1.17 bits per heavy atom. The summed E-state index contributed by atoms with van der Waals surface area (Å²) in [7, 11) is 0. The van der Waals surface area contributed by atoms with E-state index in [1.54, 1.807) is 0 Å². The topological polar surface area (TPSA) is 68.7 Å². The second-order valence-electron chi connectivity index (χ2n) is 7.72. The number of aliphatic hydroxyl groups is 1. The fourth-order valence-electron chi connectivity index (χ4n) is 5.02. The predicted molar refractivity (Wildman–Crippen MR) is 86.0 cm³/mol. The van der Waals surface area contributed by atoms with Crippen molar-refractivity contribution in [1.82, 2.24) is 4.98 Å². The first kappa shape index (κ1) is 15.3. The van der Waals surface area contributed by atoms with Crippen LogP contribution in [0.15, 0.2) is 0 Å². The van der Waals surface area contributed by atoms with Crippen LogP contribution in [-0.4, -0.2) is 29.1 Å². The maximum Gasteiger partial charge on any atom is 0.185 e. The van der Waals surface area contributed by atoms with E-state index in [0.717, 1.165) is 30.5 Å². The zero-order valence-corrected chi connectivity index (χ0v) is 14.2. The molecule has 1 saturated heterocycles. The molecular weight excluding hydrogens is 330 g/mol. The summed E-state index contributed by atoms with van der Waals surface area (Å²) in [6.07, 6.45) is 4.90. The Balaban J connectivity index is 1.72. The van der Waals surface area contributed by atoms with Crippen molar-refractivity contribution < 1.29 is 19.4 Å². The standard InChI is InChI=1S/C18H20ClNO4/c19-15-13-14(18(24-16(13)22)4-6-23-7-5-18)12-10(20-15)8-17(2-1-3-17)9-11(12)21/h16,22H,1-9H2. The van der Waals surface area contributed by atoms with Crippen LogP contribution in [0.5, 0.6) is 0 Å². The van der Waals surface area contributed by atoms with E-state index in [1.165, 1.54) is 6.42 Å². The predicted octanol–water partition coefficient (Wildman–Crippen LogP) is 3.06. The number of fused-ring (bicyclic) bond motifs is 4. The molecule has 5 rings (SSSR count). The van der Waals surface area contributed by atoms with Crippen LogP contribution in [0.4, 0.5) is 0 Å². The molecule has 2 spiro atoms. The zero-order valence-electron chi connectivity index (χ0n) is 13.4. The van der Waals surface area contributed by atoms with Gasteiger partial charge in [-0.05, 0) is 24.7 Å². The summed E-state index contributed by atoms with van der Waals surface area (Å²) < 4.78 is 11.4. The highest BCUT2D eigenvalue weighted by Gasteiger charge is 2.53. The molecule has 6 heteroatoms. The van der Waals surface area contributed by atoms with Gasteiger partial charge >= 0.3 is 0 Å². The molecule has 1 N–H and O–H groups in total. The summed E-state index contributed by atoms with van der Waals surface area (Å²) in [5, 5.41) is 10.7. The van der Waals surface area contributed by atoms with Crippen molar-refractivity contribution in [1.29, 1.82) is 0 Å². The number of aromatic nitrogens is 1. The highest BCUT2D eigenvalue weighted by atomic mass is 35.5. The number of ether oxygens (including phenoxy) is 2. The molecule has 4 aliphatic rings. The summed E-state index contributed by atoms with van der Waals surface area (Å²) in [5.41, 5.74) is 2.20. The van der Waals surface area contributed by atoms with Crippen molar-refractivity contribution in [2.75, 3.05) is 13.2 Å². The second kappa shape index (κ2) is 5.01. The van der Waals surface area contributed by atoms with E-state index in [9.17, 15) is 9.90 Å². The largest absolute Gasteiger partial charge is 0.381 e. The quantitative estimate of drug-likeness (QED) is 0.729. The first-order valence-electron chi connectivity index (χ1n) is 8.73. The van der Waals surface area contributed by atoms with E-state index in [-0.39, 0.29) is 16.4 Å². The first-order valence-corrected chi connectivity index (χ1v) is 9.11. The molecule has 2 aliphatic carbocycles. The molecule has 128 valence electrons. The monoisotopic (exact) mass is 349 g/mol. The SMILES string of the molecule is O=C1CC2(CCC2)Cc2nc(Cl)c3c(c21)C1(CCOCC1)OC3O. The molecule has 1 aromatic rings. The number of rotatable bonds is 0. The smallest absolute Gasteiger partial charge is 0.185 e. The highest BCUT2D eigenvalue weighted by molar-refractivity contribution is 6.30. The van der Waals surface area contributed by atoms with Crippen molar-refractivity contribution in [3.05, 3.63) is 27.5 Å². The summed E-state index contributed by atoms with van der Waals surface area (Å²) in [5.74, 6) is 0.139. The van der Waals surface area contributed by atoms with Gasteiger partial charge in [0.1, 0.15) is 10.8 Å². The third-order valence-electron chi connectivity index (χ3n) is 6.37. The molecule has 0 radical (unpaired) electrons. The van der Waals surface area contributed by atoms with Gasteiger partial charge in [-0.25, -0.2) is 4.98 Å². The van der Waals surface area contributed by atoms with Crippen LogP contribution in [0.1, 0.15) is 72.0 Å². The maximum absolute atomic E-state index is 13.0. The van der Waals surface area contributed by atoms with Gasteiger partial charge in [0.25, 0.3) is 0 Å². The van der Waals surface area contributed by atoms with Gasteiger partial charge in [0.2, 0.25) is 0 Å². The first-order chi connectivity index (χ1) is 11.5. The number of hydrogen-bond donors (Lipinski definition) is 1. The van der Waals surface area contributed by atoms with Gasteiger partial charge in [0.15, 0.2) is 12.1 Å². The van der Waals surface area contributed by atoms with E-state index >= 15 is 0 Å². The molecule has 1 aromatic heterocycles. The van der Waals surface area contributed by atoms with Gasteiger partial charge in [-0.15, -0.1) is 0 Å². The van der Waals surface area contributed by atoms with Crippen molar-refractivity contribution >= 4 is 17.4 Å². The number of carbonyl (C=O) groups excluding carboxylic acids is 1. The van der Waals surface area contributed by atoms with Gasteiger partial charge in [0.05, 0.1) is 11.3 Å². The molecule has 2 aliphatic heterocycles. The lowest BCUT2D eigenvalue weighted by Crippen LogP contribution is -2.41. The number of hydrogen-bond acceptors (Lipinski definition) is 5. The lowest BCUT2D eigenvalue weighted by molar-refractivity contribution is -0.199. The maximum atomic E-state index is 13.0. The van der Waals surface area contributed by atoms with Gasteiger partial charge < -0.3 is 14.6 Å². The van der Waals surface area contributed by atoms with E-state index in [2.05, 4.69) is 4.98 Å². The number of ketones is 1. The van der Waals surface area contributed by atoms with Crippen LogP contribution >= 0.6 is 11.6 Å². The lowest BCUT2D eigenvalue weighted by atomic mass is 9.59. The van der Waals surface area contributed by atoms with Crippen molar-refractivity contribution in [2.45, 2.75) is 56.8 Å². The van der Waals surface area contributed by atoms with Crippen LogP contribution in [0.3, 0.4) is 0 Å². The van der Waals surface area contributed by atoms with Crippen molar-refractivity contribution in [3.63, 3.8) is 0 Å². The minimum absolute atomic E-state index is 0.0928. The molecule has 1 saturated carbocycles. The number of halogens is 1. The Labute approximate surface area is 145 Å². The van der Waals surface area contributed by atoms with Gasteiger partial charge in [0, 0.05) is 43.6 Å². The van der Waals surface area contributed by atoms with Crippen LogP contribution in [0.2, 0.25) is 5.15 Å². The fourth-order valence-corrected chi connectivity index (χ4v) is 5.31. The number of aliphatic hydroxyl groups excluding tert-OH is 1. The van der Waals surface area contributed by atoms with E-state index < -0.39 is 11.9 Å². The highest BCUT2D eigenvalue weighted by Crippen LogP contribution is 2.56. The minimum Gasteiger partial charge on any atom is -0.381 e. The molecule has 0 bridgehead atoms. The molecular formula is C18H20ClNO4. The zero-order chi connectivity index (χ0) is 16.5. The minimum atomic E-state index is -1.12. The molecule has 0 amide bonds. The molecule has 24 heavy (non-hydrogen) atoms. The van der Waals surface area contributed by atoms with E-state index in [4.69, 9.17) is 21.1 Å². The summed E-state index contributed by atoms with van der Waals surface area (Å²) in [6, 6.07) is 0. The summed E-state index contributed by atoms with van der Waals surface area (Å²) >= 11 is 6.41. The van der Waals surface area contributed by atoms with Gasteiger partial charge in [-0.3, -0.25) is 4.79 Å². The summed E-state index contributed by atoms with van der Waals surface area (Å²) in [4.78, 5) is 17.6. The van der Waals surface area contributed by atoms with Gasteiger partial charge in [-0.2, -0.15) is 0 Å². The van der Waals surface area contributed by atoms with E-state index in [1.807, 2.05) is 0 Å². The van der Waals surface area contributed by atoms with Crippen LogP contribution in [0.25, 0.3) is 0 Å². The normalized spacial score (nSPS) is 29.4. The van der Waals surface area contributed by atoms with Crippen LogP contribution in [0, 0.1) is 5.41 Å². The molecule has 5 nitrogen and oxygen atoms in total. The second-order valence-corrected chi connectivity index (χ2v) is 8.08. The Hall–Kier alpha value is -1.01. The van der Waals surface area contributed by atoms with Crippen LogP contribution < -0.4 is 0 Å². The average Bonchev–Trinajstić information content (AvgIpc) is 2.79. The molecule has 2 fully saturated rings. The third-order valence-corrected chi connectivity index (χ3v) is 6.66. The molecule has 1 atom stereocenters.